The molecule has 188 valence electrons. The van der Waals surface area contributed by atoms with E-state index in [1.54, 1.807) is 0 Å². The second-order valence-electron chi connectivity index (χ2n) is 6.92. The number of benzene rings is 2. The van der Waals surface area contributed by atoms with Crippen LogP contribution in [0.25, 0.3) is 0 Å². The fourth-order valence-electron chi connectivity index (χ4n) is 3.20. The maximum absolute atomic E-state index is 11.7. The van der Waals surface area contributed by atoms with Gasteiger partial charge in [-0.05, 0) is 24.3 Å². The predicted octanol–water partition coefficient (Wildman–Crippen LogP) is 2.42. The number of anilines is 3. The summed E-state index contributed by atoms with van der Waals surface area (Å²) in [5.74, 6) is -1.63. The summed E-state index contributed by atoms with van der Waals surface area (Å²) < 4.78 is 14.2. The quantitative estimate of drug-likeness (QED) is 0.257. The van der Waals surface area contributed by atoms with E-state index in [0.717, 1.165) is 13.2 Å². The molecule has 2 aromatic carbocycles. The van der Waals surface area contributed by atoms with Crippen molar-refractivity contribution in [3.63, 3.8) is 0 Å². The molecular formula is C20H22ClN5O9. The molecule has 35 heavy (non-hydrogen) atoms. The molecule has 4 N–H and O–H groups in total. The Kier molecular flexibility index (Phi) is 9.13. The first-order valence-electron chi connectivity index (χ1n) is 9.82. The maximum atomic E-state index is 11.7. The first kappa shape index (κ1) is 27.1. The Morgan fingerprint density at radius 1 is 0.914 bits per heavy atom. The minimum atomic E-state index is -0.851. The lowest BCUT2D eigenvalue weighted by molar-refractivity contribution is -0.384. The number of morpholine rings is 1. The van der Waals surface area contributed by atoms with Crippen LogP contribution >= 0.6 is 11.6 Å². The zero-order valence-corrected chi connectivity index (χ0v) is 19.4. The van der Waals surface area contributed by atoms with Gasteiger partial charge in [-0.15, -0.1) is 0 Å². The van der Waals surface area contributed by atoms with E-state index in [0.29, 0.717) is 32.0 Å². The number of nitrogen functional groups attached to an aromatic ring is 2. The number of nitrogens with two attached hydrogens (primary N) is 2. The minimum Gasteiger partial charge on any atom is -0.465 e. The largest absolute Gasteiger partial charge is 0.465 e. The minimum absolute atomic E-state index is 0.0561. The Morgan fingerprint density at radius 2 is 1.37 bits per heavy atom. The highest BCUT2D eigenvalue weighted by Gasteiger charge is 2.27. The number of nitrogens with zero attached hydrogens (tertiary/aromatic N) is 3. The van der Waals surface area contributed by atoms with E-state index in [-0.39, 0.29) is 27.5 Å². The van der Waals surface area contributed by atoms with Gasteiger partial charge in [0.2, 0.25) is 0 Å². The number of methoxy groups -OCH3 is 2. The third-order valence-electron chi connectivity index (χ3n) is 4.78. The molecule has 0 saturated carbocycles. The number of carbonyl (C=O) groups is 2. The number of nitro benzene ring substituents is 2. The number of halogens is 1. The van der Waals surface area contributed by atoms with Crippen molar-refractivity contribution in [2.75, 3.05) is 56.9 Å². The van der Waals surface area contributed by atoms with E-state index in [1.807, 2.05) is 4.90 Å². The van der Waals surface area contributed by atoms with Gasteiger partial charge in [0.15, 0.2) is 0 Å². The highest BCUT2D eigenvalue weighted by atomic mass is 35.5. The molecule has 1 fully saturated rings. The van der Waals surface area contributed by atoms with E-state index in [9.17, 15) is 29.8 Å². The first-order valence-corrected chi connectivity index (χ1v) is 10.2. The number of rotatable bonds is 5. The molecule has 2 aromatic rings. The highest BCUT2D eigenvalue weighted by Crippen LogP contribution is 2.33. The topological polar surface area (TPSA) is 203 Å². The Labute approximate surface area is 203 Å². The van der Waals surface area contributed by atoms with Crippen molar-refractivity contribution in [2.24, 2.45) is 0 Å². The Hall–Kier alpha value is -4.17. The Morgan fingerprint density at radius 3 is 1.83 bits per heavy atom. The fraction of sp³-hybridized carbons (Fsp3) is 0.300. The van der Waals surface area contributed by atoms with Crippen molar-refractivity contribution >= 4 is 52.0 Å². The normalized spacial score (nSPS) is 12.7. The molecule has 1 saturated heterocycles. The molecule has 0 atom stereocenters. The van der Waals surface area contributed by atoms with Crippen LogP contribution in [0.2, 0.25) is 5.02 Å². The van der Waals surface area contributed by atoms with Crippen molar-refractivity contribution in [1.29, 1.82) is 0 Å². The molecule has 0 bridgehead atoms. The van der Waals surface area contributed by atoms with Gasteiger partial charge >= 0.3 is 23.3 Å². The van der Waals surface area contributed by atoms with Crippen LogP contribution in [0.1, 0.15) is 20.7 Å². The summed E-state index contributed by atoms with van der Waals surface area (Å²) in [5, 5.41) is 21.8. The molecule has 0 unspecified atom stereocenters. The Bertz CT molecular complexity index is 1150. The van der Waals surface area contributed by atoms with Gasteiger partial charge in [0.1, 0.15) is 22.5 Å². The van der Waals surface area contributed by atoms with Gasteiger partial charge in [-0.1, -0.05) is 11.6 Å². The molecular weight excluding hydrogens is 490 g/mol. The summed E-state index contributed by atoms with van der Waals surface area (Å²) in [7, 11) is 2.28. The van der Waals surface area contributed by atoms with Crippen LogP contribution in [0.15, 0.2) is 24.3 Å². The molecule has 3 rings (SSSR count). The fourth-order valence-corrected chi connectivity index (χ4v) is 3.43. The molecule has 0 aliphatic carbocycles. The van der Waals surface area contributed by atoms with Crippen LogP contribution in [0.5, 0.6) is 0 Å². The van der Waals surface area contributed by atoms with Crippen molar-refractivity contribution in [2.45, 2.75) is 0 Å². The molecule has 14 nitrogen and oxygen atoms in total. The van der Waals surface area contributed by atoms with Gasteiger partial charge in [-0.3, -0.25) is 20.2 Å². The lowest BCUT2D eigenvalue weighted by Gasteiger charge is -2.29. The van der Waals surface area contributed by atoms with Gasteiger partial charge in [-0.2, -0.15) is 0 Å². The molecule has 1 heterocycles. The number of hydrogen-bond donors (Lipinski definition) is 2. The van der Waals surface area contributed by atoms with E-state index in [1.165, 1.54) is 25.3 Å². The zero-order valence-electron chi connectivity index (χ0n) is 18.7. The third kappa shape index (κ3) is 6.45. The average Bonchev–Trinajstić information content (AvgIpc) is 2.82. The lowest BCUT2D eigenvalue weighted by Crippen LogP contribution is -2.36. The molecule has 0 amide bonds. The van der Waals surface area contributed by atoms with E-state index in [4.69, 9.17) is 27.8 Å². The van der Waals surface area contributed by atoms with Crippen LogP contribution < -0.4 is 16.4 Å². The predicted molar refractivity (Wildman–Crippen MR) is 126 cm³/mol. The molecule has 0 spiro atoms. The average molecular weight is 512 g/mol. The molecule has 1 aliphatic heterocycles. The molecule has 0 aromatic heterocycles. The van der Waals surface area contributed by atoms with Gasteiger partial charge in [-0.25, -0.2) is 9.59 Å². The number of nitro groups is 2. The van der Waals surface area contributed by atoms with Crippen LogP contribution in [0, 0.1) is 20.2 Å². The summed E-state index contributed by atoms with van der Waals surface area (Å²) in [5.41, 5.74) is 10.2. The summed E-state index contributed by atoms with van der Waals surface area (Å²) in [6, 6.07) is 5.27. The maximum Gasteiger partial charge on any atom is 0.345 e. The van der Waals surface area contributed by atoms with Gasteiger partial charge in [0, 0.05) is 23.8 Å². The standard InChI is InChI=1S/C12H15N3O5.C8H7ClN2O4/c1-19-12(16)9-6-8(14-2-4-20-5-3-14)7-10(13)11(9)15(17)18;1-15-8(12)5-2-4(9)3-6(10)7(5)11(13)14/h6-7H,2-5,13H2,1H3;2-3H,10H2,1H3. The van der Waals surface area contributed by atoms with Crippen molar-refractivity contribution in [3.05, 3.63) is 60.6 Å². The zero-order chi connectivity index (χ0) is 26.3. The molecule has 15 heteroatoms. The third-order valence-corrected chi connectivity index (χ3v) is 5.00. The van der Waals surface area contributed by atoms with Crippen LogP contribution in [-0.4, -0.2) is 62.3 Å². The lowest BCUT2D eigenvalue weighted by atomic mass is 10.1. The van der Waals surface area contributed by atoms with Crippen LogP contribution in [-0.2, 0) is 14.2 Å². The molecule has 1 aliphatic rings. The second-order valence-corrected chi connectivity index (χ2v) is 7.36. The van der Waals surface area contributed by atoms with Gasteiger partial charge in [0.25, 0.3) is 0 Å². The van der Waals surface area contributed by atoms with Crippen LogP contribution in [0.4, 0.5) is 28.4 Å². The first-order chi connectivity index (χ1) is 16.5. The van der Waals surface area contributed by atoms with Crippen LogP contribution in [0.3, 0.4) is 0 Å². The van der Waals surface area contributed by atoms with Crippen molar-refractivity contribution in [1.82, 2.24) is 0 Å². The van der Waals surface area contributed by atoms with E-state index >= 15 is 0 Å². The van der Waals surface area contributed by atoms with Gasteiger partial charge in [0.05, 0.1) is 37.3 Å². The summed E-state index contributed by atoms with van der Waals surface area (Å²) in [6.45, 7) is 2.39. The van der Waals surface area contributed by atoms with E-state index < -0.39 is 33.2 Å². The summed E-state index contributed by atoms with van der Waals surface area (Å²) in [6.07, 6.45) is 0. The number of hydrogen-bond acceptors (Lipinski definition) is 12. The SMILES string of the molecule is COC(=O)c1cc(Cl)cc(N)c1[N+](=O)[O-].COC(=O)c1cc(N2CCOCC2)cc(N)c1[N+](=O)[O-]. The van der Waals surface area contributed by atoms with E-state index in [2.05, 4.69) is 9.47 Å². The Balaban J connectivity index is 0.000000258. The highest BCUT2D eigenvalue weighted by molar-refractivity contribution is 6.31. The van der Waals surface area contributed by atoms with Crippen molar-refractivity contribution in [3.8, 4) is 0 Å². The van der Waals surface area contributed by atoms with Crippen molar-refractivity contribution < 1.29 is 33.6 Å². The summed E-state index contributed by atoms with van der Waals surface area (Å²) >= 11 is 5.62. The van der Waals surface area contributed by atoms with Gasteiger partial charge < -0.3 is 30.6 Å². The monoisotopic (exact) mass is 511 g/mol. The molecule has 0 radical (unpaired) electrons. The number of ether oxygens (including phenoxy) is 3. The smallest absolute Gasteiger partial charge is 0.345 e. The second kappa shape index (κ2) is 11.8. The number of carbonyl (C=O) groups excluding carboxylic acids is 2. The summed E-state index contributed by atoms with van der Waals surface area (Å²) in [4.78, 5) is 45.1. The number of esters is 2.